The molecule has 0 fully saturated rings. The lowest BCUT2D eigenvalue weighted by Crippen LogP contribution is -2.15. The monoisotopic (exact) mass is 144 g/mol. The van der Waals surface area contributed by atoms with Crippen LogP contribution in [0.25, 0.3) is 0 Å². The van der Waals surface area contributed by atoms with E-state index >= 15 is 0 Å². The molecule has 0 atom stereocenters. The number of hydrogen-bond acceptors (Lipinski definition) is 1. The van der Waals surface area contributed by atoms with Gasteiger partial charge in [0.2, 0.25) is 0 Å². The number of hydrogen-bond donors (Lipinski definition) is 4. The summed E-state index contributed by atoms with van der Waals surface area (Å²) < 4.78 is 0. The summed E-state index contributed by atoms with van der Waals surface area (Å²) in [6, 6.07) is 0. The Morgan fingerprint density at radius 2 is 1.80 bits per heavy atom. The molecule has 0 spiro atoms. The highest BCUT2D eigenvalue weighted by Crippen LogP contribution is 1.86. The quantitative estimate of drug-likeness (QED) is 0.441. The number of nitrogens with zero attached hydrogens (tertiary/aromatic N) is 1. The molecule has 10 heavy (non-hydrogen) atoms. The van der Waals surface area contributed by atoms with Crippen molar-refractivity contribution >= 4 is 0 Å². The molecule has 0 aliphatic heterocycles. The Morgan fingerprint density at radius 1 is 1.20 bits per heavy atom. The average molecular weight is 144 g/mol. The minimum atomic E-state index is 0.993. The van der Waals surface area contributed by atoms with Crippen molar-refractivity contribution in [3.63, 3.8) is 0 Å². The van der Waals surface area contributed by atoms with Crippen LogP contribution in [0.4, 0.5) is 0 Å². The SMILES string of the molecule is CN(C)CC[c-]1[nH][nH][nH][nH]1. The molecule has 0 amide bonds. The molecule has 4 N–H and O–H groups in total. The van der Waals surface area contributed by atoms with Crippen LogP contribution < -0.4 is 0 Å². The van der Waals surface area contributed by atoms with E-state index in [4.69, 9.17) is 0 Å². The molecule has 1 rings (SSSR count). The molecule has 0 unspecified atom stereocenters. The molecule has 5 nitrogen and oxygen atoms in total. The van der Waals surface area contributed by atoms with Crippen LogP contribution in [-0.4, -0.2) is 46.2 Å². The van der Waals surface area contributed by atoms with E-state index in [-0.39, 0.29) is 0 Å². The lowest BCUT2D eigenvalue weighted by molar-refractivity contribution is 0.409. The van der Waals surface area contributed by atoms with Crippen molar-refractivity contribution in [3.8, 4) is 0 Å². The number of nitrogens with one attached hydrogen (secondary N) is 4. The number of aromatic amines is 4. The second-order valence-corrected chi connectivity index (χ2v) is 2.53. The third-order valence-electron chi connectivity index (χ3n) is 1.30. The van der Waals surface area contributed by atoms with Gasteiger partial charge in [-0.3, -0.25) is 10.4 Å². The van der Waals surface area contributed by atoms with E-state index in [2.05, 4.69) is 39.6 Å². The topological polar surface area (TPSA) is 66.4 Å². The fourth-order valence-corrected chi connectivity index (χ4v) is 0.705. The summed E-state index contributed by atoms with van der Waals surface area (Å²) >= 11 is 0. The fraction of sp³-hybridized carbons (Fsp3) is 0.800. The van der Waals surface area contributed by atoms with Gasteiger partial charge in [0.15, 0.2) is 0 Å². The molecule has 1 aromatic heterocycles. The molecule has 0 bridgehead atoms. The summed E-state index contributed by atoms with van der Waals surface area (Å²) in [7, 11) is 4.10. The first-order valence-electron chi connectivity index (χ1n) is 3.31. The second kappa shape index (κ2) is 3.26. The minimum Gasteiger partial charge on any atom is -0.425 e. The largest absolute Gasteiger partial charge is 0.425 e. The predicted octanol–water partition coefficient (Wildman–Crippen LogP) is -0.0536. The van der Waals surface area contributed by atoms with Crippen LogP contribution in [0.1, 0.15) is 5.82 Å². The van der Waals surface area contributed by atoms with Crippen LogP contribution in [0.2, 0.25) is 0 Å². The highest BCUT2D eigenvalue weighted by molar-refractivity contribution is 4.76. The Hall–Kier alpha value is -0.970. The molecule has 0 radical (unpaired) electrons. The molecule has 0 aromatic carbocycles. The van der Waals surface area contributed by atoms with Crippen LogP contribution >= 0.6 is 0 Å². The predicted molar refractivity (Wildman–Crippen MR) is 39.3 cm³/mol. The Bertz CT molecular complexity index is 168. The molecular weight excluding hydrogens is 130 g/mol. The molecular formula is C5H14N5-. The van der Waals surface area contributed by atoms with Gasteiger partial charge < -0.3 is 15.1 Å². The first kappa shape index (κ1) is 7.14. The Kier molecular flexibility index (Phi) is 2.33. The molecule has 1 heterocycles. The number of tetrazole rings is 1. The Morgan fingerprint density at radius 3 is 2.30 bits per heavy atom. The van der Waals surface area contributed by atoms with Gasteiger partial charge in [0.05, 0.1) is 0 Å². The molecule has 0 saturated heterocycles. The van der Waals surface area contributed by atoms with Crippen LogP contribution in [0.5, 0.6) is 0 Å². The maximum atomic E-state index is 2.93. The molecule has 1 aromatic rings. The first-order valence-corrected chi connectivity index (χ1v) is 3.31. The number of aromatic nitrogens is 4. The number of H-pyrrole nitrogens is 4. The van der Waals surface area contributed by atoms with Gasteiger partial charge in [-0.05, 0) is 20.6 Å². The van der Waals surface area contributed by atoms with Crippen LogP contribution in [0.15, 0.2) is 0 Å². The van der Waals surface area contributed by atoms with Gasteiger partial charge in [-0.1, -0.05) is 0 Å². The van der Waals surface area contributed by atoms with Crippen molar-refractivity contribution in [3.05, 3.63) is 5.82 Å². The van der Waals surface area contributed by atoms with Gasteiger partial charge >= 0.3 is 0 Å². The minimum absolute atomic E-state index is 0.993. The summed E-state index contributed by atoms with van der Waals surface area (Å²) in [5.41, 5.74) is 0. The van der Waals surface area contributed by atoms with Gasteiger partial charge in [-0.2, -0.15) is 5.82 Å². The maximum Gasteiger partial charge on any atom is -0.0138 e. The van der Waals surface area contributed by atoms with E-state index in [0.717, 1.165) is 18.8 Å². The summed E-state index contributed by atoms with van der Waals surface area (Å²) in [6.07, 6.45) is 0.993. The van der Waals surface area contributed by atoms with Crippen molar-refractivity contribution in [1.82, 2.24) is 25.5 Å². The van der Waals surface area contributed by atoms with E-state index in [1.807, 2.05) is 0 Å². The van der Waals surface area contributed by atoms with Gasteiger partial charge in [-0.15, -0.1) is 6.42 Å². The zero-order valence-corrected chi connectivity index (χ0v) is 6.36. The molecule has 0 aliphatic carbocycles. The zero-order valence-electron chi connectivity index (χ0n) is 6.36. The van der Waals surface area contributed by atoms with Gasteiger partial charge in [0.1, 0.15) is 0 Å². The van der Waals surface area contributed by atoms with Crippen LogP contribution in [0, 0.1) is 0 Å². The lowest BCUT2D eigenvalue weighted by Gasteiger charge is -2.13. The maximum absolute atomic E-state index is 2.93. The van der Waals surface area contributed by atoms with Crippen LogP contribution in [0.3, 0.4) is 0 Å². The normalized spacial score (nSPS) is 10.7. The second-order valence-electron chi connectivity index (χ2n) is 2.53. The highest BCUT2D eigenvalue weighted by atomic mass is 15.5. The number of rotatable bonds is 3. The van der Waals surface area contributed by atoms with Crippen molar-refractivity contribution < 1.29 is 0 Å². The van der Waals surface area contributed by atoms with Crippen molar-refractivity contribution in [2.24, 2.45) is 0 Å². The summed E-state index contributed by atoms with van der Waals surface area (Å²) in [5.74, 6) is 1.08. The summed E-state index contributed by atoms with van der Waals surface area (Å²) in [6.45, 7) is 1.04. The molecule has 60 valence electrons. The van der Waals surface area contributed by atoms with Gasteiger partial charge in [0, 0.05) is 0 Å². The van der Waals surface area contributed by atoms with E-state index in [1.54, 1.807) is 0 Å². The van der Waals surface area contributed by atoms with Crippen molar-refractivity contribution in [2.45, 2.75) is 6.42 Å². The van der Waals surface area contributed by atoms with E-state index in [1.165, 1.54) is 0 Å². The molecule has 5 heteroatoms. The Balaban J connectivity index is 2.28. The van der Waals surface area contributed by atoms with Gasteiger partial charge in [-0.25, -0.2) is 0 Å². The van der Waals surface area contributed by atoms with E-state index in [9.17, 15) is 0 Å². The summed E-state index contributed by atoms with van der Waals surface area (Å²) in [5, 5.41) is 11.3. The third kappa shape index (κ3) is 2.10. The fourth-order valence-electron chi connectivity index (χ4n) is 0.705. The lowest BCUT2D eigenvalue weighted by atomic mass is 10.4. The average Bonchev–Trinajstić information content (AvgIpc) is 2.34. The van der Waals surface area contributed by atoms with Crippen molar-refractivity contribution in [2.75, 3.05) is 20.6 Å². The van der Waals surface area contributed by atoms with Crippen molar-refractivity contribution in [1.29, 1.82) is 0 Å². The standard InChI is InChI=1S/C5H14N5/c1-10(2)4-3-5-6-8-9-7-5/h6-9H,3-4H2,1-2H3/q-1. The molecule has 0 aliphatic rings. The molecule has 0 saturated carbocycles. The number of likely N-dealkylation sites (N-methyl/N-ethyl adjacent to an activating group) is 1. The van der Waals surface area contributed by atoms with E-state index in [0.29, 0.717) is 0 Å². The first-order chi connectivity index (χ1) is 4.79. The van der Waals surface area contributed by atoms with Crippen LogP contribution in [-0.2, 0) is 6.42 Å². The third-order valence-corrected chi connectivity index (χ3v) is 1.30. The zero-order chi connectivity index (χ0) is 7.40. The van der Waals surface area contributed by atoms with E-state index < -0.39 is 0 Å². The smallest absolute Gasteiger partial charge is 0.0138 e. The summed E-state index contributed by atoms with van der Waals surface area (Å²) in [4.78, 5) is 2.13. The Labute approximate surface area is 59.4 Å². The van der Waals surface area contributed by atoms with Gasteiger partial charge in [0.25, 0.3) is 0 Å². The highest BCUT2D eigenvalue weighted by Gasteiger charge is 1.83.